The highest BCUT2D eigenvalue weighted by atomic mass is 79.9. The van der Waals surface area contributed by atoms with Gasteiger partial charge in [-0.05, 0) is 67.4 Å². The fourth-order valence-corrected chi connectivity index (χ4v) is 4.15. The summed E-state index contributed by atoms with van der Waals surface area (Å²) in [6, 6.07) is 16.4. The van der Waals surface area contributed by atoms with E-state index >= 15 is 0 Å². The lowest BCUT2D eigenvalue weighted by Crippen LogP contribution is -2.23. The van der Waals surface area contributed by atoms with Crippen LogP contribution in [0.5, 0.6) is 11.5 Å². The van der Waals surface area contributed by atoms with Crippen molar-refractivity contribution in [2.75, 3.05) is 18.5 Å². The second-order valence-electron chi connectivity index (χ2n) is 8.76. The lowest BCUT2D eigenvalue weighted by atomic mass is 10.1. The molecule has 0 saturated carbocycles. The van der Waals surface area contributed by atoms with Crippen LogP contribution in [0.15, 0.2) is 75.0 Å². The number of halogens is 2. The molecule has 1 atom stereocenters. The van der Waals surface area contributed by atoms with Gasteiger partial charge in [0.1, 0.15) is 11.6 Å². The lowest BCUT2D eigenvalue weighted by Gasteiger charge is -2.14. The molecule has 8 nitrogen and oxygen atoms in total. The van der Waals surface area contributed by atoms with E-state index in [0.29, 0.717) is 40.4 Å². The SMILES string of the molecule is CCOc1cc(C=Nn2c([C@H](C)CC)nc3ccc(Br)cc3c2=O)ccc1OCC(=O)Nc1ccccc1F. The molecular weight excluding hydrogens is 567 g/mol. The fourth-order valence-electron chi connectivity index (χ4n) is 3.79. The van der Waals surface area contributed by atoms with Gasteiger partial charge in [-0.15, -0.1) is 0 Å². The number of benzene rings is 3. The fraction of sp³-hybridized carbons (Fsp3) is 0.241. The van der Waals surface area contributed by atoms with Crippen molar-refractivity contribution in [3.63, 3.8) is 0 Å². The zero-order valence-electron chi connectivity index (χ0n) is 21.8. The summed E-state index contributed by atoms with van der Waals surface area (Å²) in [7, 11) is 0. The average Bonchev–Trinajstić information content (AvgIpc) is 2.93. The topological polar surface area (TPSA) is 94.8 Å². The van der Waals surface area contributed by atoms with Crippen LogP contribution in [-0.4, -0.2) is 35.0 Å². The summed E-state index contributed by atoms with van der Waals surface area (Å²) in [5.41, 5.74) is 1.08. The highest BCUT2D eigenvalue weighted by Gasteiger charge is 2.16. The number of fused-ring (bicyclic) bond motifs is 1. The maximum absolute atomic E-state index is 13.8. The molecule has 202 valence electrons. The van der Waals surface area contributed by atoms with Crippen molar-refractivity contribution >= 4 is 44.6 Å². The third-order valence-electron chi connectivity index (χ3n) is 5.98. The molecule has 0 bridgehead atoms. The number of carbonyl (C=O) groups is 1. The van der Waals surface area contributed by atoms with Crippen molar-refractivity contribution in [1.29, 1.82) is 0 Å². The number of rotatable bonds is 10. The van der Waals surface area contributed by atoms with Crippen molar-refractivity contribution in [1.82, 2.24) is 9.66 Å². The first-order chi connectivity index (χ1) is 18.8. The second kappa shape index (κ2) is 12.7. The van der Waals surface area contributed by atoms with Gasteiger partial charge in [0, 0.05) is 10.4 Å². The van der Waals surface area contributed by atoms with E-state index < -0.39 is 11.7 Å². The molecule has 0 spiro atoms. The van der Waals surface area contributed by atoms with Gasteiger partial charge in [0.15, 0.2) is 18.1 Å². The second-order valence-corrected chi connectivity index (χ2v) is 9.67. The molecule has 0 radical (unpaired) electrons. The van der Waals surface area contributed by atoms with Gasteiger partial charge < -0.3 is 14.8 Å². The Bertz CT molecular complexity index is 1590. The normalized spacial score (nSPS) is 12.0. The van der Waals surface area contributed by atoms with Crippen LogP contribution in [-0.2, 0) is 4.79 Å². The molecule has 0 aliphatic rings. The molecule has 0 unspecified atom stereocenters. The first-order valence-electron chi connectivity index (χ1n) is 12.5. The van der Waals surface area contributed by atoms with Crippen molar-refractivity contribution in [2.24, 2.45) is 5.10 Å². The van der Waals surface area contributed by atoms with E-state index in [9.17, 15) is 14.0 Å². The Hall–Kier alpha value is -4.05. The van der Waals surface area contributed by atoms with Crippen LogP contribution in [0.25, 0.3) is 10.9 Å². The Balaban J connectivity index is 1.59. The van der Waals surface area contributed by atoms with E-state index in [1.807, 2.05) is 32.9 Å². The Kier molecular flexibility index (Phi) is 9.08. The Morgan fingerprint density at radius 3 is 2.67 bits per heavy atom. The summed E-state index contributed by atoms with van der Waals surface area (Å²) < 4.78 is 27.3. The number of nitrogens with zero attached hydrogens (tertiary/aromatic N) is 3. The van der Waals surface area contributed by atoms with E-state index in [1.165, 1.54) is 22.9 Å². The van der Waals surface area contributed by atoms with Crippen LogP contribution < -0.4 is 20.3 Å². The summed E-state index contributed by atoms with van der Waals surface area (Å²) in [5.74, 6) is 0.269. The van der Waals surface area contributed by atoms with Crippen LogP contribution in [0.3, 0.4) is 0 Å². The molecule has 10 heteroatoms. The molecule has 1 N–H and O–H groups in total. The number of hydrogen-bond donors (Lipinski definition) is 1. The van der Waals surface area contributed by atoms with Gasteiger partial charge in [0.2, 0.25) is 0 Å². The summed E-state index contributed by atoms with van der Waals surface area (Å²) in [6.45, 7) is 5.88. The minimum atomic E-state index is -0.533. The van der Waals surface area contributed by atoms with E-state index in [-0.39, 0.29) is 23.8 Å². The highest BCUT2D eigenvalue weighted by molar-refractivity contribution is 9.10. The van der Waals surface area contributed by atoms with Gasteiger partial charge in [-0.1, -0.05) is 41.9 Å². The maximum Gasteiger partial charge on any atom is 0.282 e. The Morgan fingerprint density at radius 2 is 1.92 bits per heavy atom. The monoisotopic (exact) mass is 594 g/mol. The maximum atomic E-state index is 13.8. The van der Waals surface area contributed by atoms with Crippen molar-refractivity contribution in [3.05, 3.63) is 92.7 Å². The third-order valence-corrected chi connectivity index (χ3v) is 6.48. The number of nitrogens with one attached hydrogen (secondary N) is 1. The molecular formula is C29H28BrFN4O4. The van der Waals surface area contributed by atoms with Gasteiger partial charge in [0.05, 0.1) is 29.4 Å². The molecule has 0 fully saturated rings. The molecule has 0 aliphatic carbocycles. The Labute approximate surface area is 233 Å². The molecule has 3 aromatic carbocycles. The van der Waals surface area contributed by atoms with Gasteiger partial charge in [-0.3, -0.25) is 9.59 Å². The molecule has 4 rings (SSSR count). The van der Waals surface area contributed by atoms with Crippen molar-refractivity contribution in [2.45, 2.75) is 33.1 Å². The first kappa shape index (κ1) is 28.0. The van der Waals surface area contributed by atoms with E-state index in [1.54, 1.807) is 36.5 Å². The molecule has 0 saturated heterocycles. The highest BCUT2D eigenvalue weighted by Crippen LogP contribution is 2.28. The zero-order valence-corrected chi connectivity index (χ0v) is 23.4. The van der Waals surface area contributed by atoms with Crippen LogP contribution in [0.1, 0.15) is 44.5 Å². The van der Waals surface area contributed by atoms with Gasteiger partial charge in [-0.25, -0.2) is 9.37 Å². The summed E-state index contributed by atoms with van der Waals surface area (Å²) in [6.07, 6.45) is 2.34. The molecule has 39 heavy (non-hydrogen) atoms. The van der Waals surface area contributed by atoms with Gasteiger partial charge >= 0.3 is 0 Å². The summed E-state index contributed by atoms with van der Waals surface area (Å²) >= 11 is 3.42. The van der Waals surface area contributed by atoms with Gasteiger partial charge in [0.25, 0.3) is 11.5 Å². The molecule has 0 aliphatic heterocycles. The minimum Gasteiger partial charge on any atom is -0.490 e. The largest absolute Gasteiger partial charge is 0.490 e. The quantitative estimate of drug-likeness (QED) is 0.223. The molecule has 1 heterocycles. The van der Waals surface area contributed by atoms with Crippen LogP contribution in [0.4, 0.5) is 10.1 Å². The number of hydrogen-bond acceptors (Lipinski definition) is 6. The zero-order chi connectivity index (χ0) is 27.9. The number of carbonyl (C=O) groups excluding carboxylic acids is 1. The number of anilines is 1. The summed E-state index contributed by atoms with van der Waals surface area (Å²) in [4.78, 5) is 30.4. The predicted octanol–water partition coefficient (Wildman–Crippen LogP) is 6.11. The van der Waals surface area contributed by atoms with Gasteiger partial charge in [-0.2, -0.15) is 9.78 Å². The molecule has 1 amide bonds. The molecule has 1 aromatic heterocycles. The van der Waals surface area contributed by atoms with E-state index in [2.05, 4.69) is 26.3 Å². The number of para-hydroxylation sites is 1. The number of ether oxygens (including phenoxy) is 2. The van der Waals surface area contributed by atoms with E-state index in [0.717, 1.165) is 10.9 Å². The molecule has 4 aromatic rings. The van der Waals surface area contributed by atoms with Crippen molar-refractivity contribution in [3.8, 4) is 11.5 Å². The minimum absolute atomic E-state index is 0.00756. The van der Waals surface area contributed by atoms with E-state index in [4.69, 9.17) is 14.5 Å². The standard InChI is InChI=1S/C29H28BrFN4O4/c1-4-18(3)28-34-23-12-11-20(30)15-21(23)29(37)35(28)32-16-19-10-13-25(26(14-19)38-5-2)39-17-27(36)33-24-9-7-6-8-22(24)31/h6-16,18H,4-5,17H2,1-3H3,(H,33,36)/t18-/m1/s1. The summed E-state index contributed by atoms with van der Waals surface area (Å²) in [5, 5.41) is 7.43. The van der Waals surface area contributed by atoms with Crippen LogP contribution in [0, 0.1) is 5.82 Å². The Morgan fingerprint density at radius 1 is 1.13 bits per heavy atom. The smallest absolute Gasteiger partial charge is 0.282 e. The third kappa shape index (κ3) is 6.69. The van der Waals surface area contributed by atoms with Crippen LogP contribution in [0.2, 0.25) is 0 Å². The number of amides is 1. The predicted molar refractivity (Wildman–Crippen MR) is 154 cm³/mol. The lowest BCUT2D eigenvalue weighted by molar-refractivity contribution is -0.118. The first-order valence-corrected chi connectivity index (χ1v) is 13.3. The number of aromatic nitrogens is 2. The average molecular weight is 595 g/mol. The van der Waals surface area contributed by atoms with Crippen molar-refractivity contribution < 1.29 is 18.7 Å². The van der Waals surface area contributed by atoms with Crippen LogP contribution >= 0.6 is 15.9 Å².